The molecule has 1 aromatic heterocycles. The Morgan fingerprint density at radius 1 is 1.26 bits per heavy atom. The number of rotatable bonds is 6. The van der Waals surface area contributed by atoms with Crippen LogP contribution in [0.3, 0.4) is 0 Å². The van der Waals surface area contributed by atoms with Gasteiger partial charge in [0.05, 0.1) is 29.0 Å². The van der Waals surface area contributed by atoms with Crippen LogP contribution < -0.4 is 0 Å². The first-order chi connectivity index (χ1) is 12.9. The summed E-state index contributed by atoms with van der Waals surface area (Å²) in [5.41, 5.74) is 0.355. The van der Waals surface area contributed by atoms with E-state index in [1.807, 2.05) is 13.0 Å². The molecule has 0 N–H and O–H groups in total. The topological polar surface area (TPSA) is 66.9 Å². The summed E-state index contributed by atoms with van der Waals surface area (Å²) in [7, 11) is -3.64. The molecule has 0 aliphatic carbocycles. The van der Waals surface area contributed by atoms with Crippen LogP contribution in [-0.2, 0) is 21.3 Å². The van der Waals surface area contributed by atoms with E-state index < -0.39 is 10.0 Å². The van der Waals surface area contributed by atoms with E-state index in [4.69, 9.17) is 16.3 Å². The van der Waals surface area contributed by atoms with Gasteiger partial charge in [-0.2, -0.15) is 4.31 Å². The van der Waals surface area contributed by atoms with Gasteiger partial charge in [0.2, 0.25) is 10.0 Å². The second-order valence-electron chi connectivity index (χ2n) is 6.07. The number of hydrogen-bond acceptors (Lipinski definition) is 5. The monoisotopic (exact) mass is 428 g/mol. The quantitative estimate of drug-likeness (QED) is 0.709. The Hall–Kier alpha value is -1.45. The molecule has 2 heterocycles. The van der Waals surface area contributed by atoms with Gasteiger partial charge in [-0.3, -0.25) is 4.79 Å². The predicted molar refractivity (Wildman–Crippen MR) is 106 cm³/mol. The fraction of sp³-hybridized carbons (Fsp3) is 0.389. The molecule has 0 radical (unpaired) electrons. The van der Waals surface area contributed by atoms with Gasteiger partial charge in [-0.05, 0) is 37.3 Å². The number of amides is 1. The number of benzene rings is 1. The van der Waals surface area contributed by atoms with Gasteiger partial charge in [-0.25, -0.2) is 8.42 Å². The molecule has 0 unspecified atom stereocenters. The van der Waals surface area contributed by atoms with Gasteiger partial charge in [-0.15, -0.1) is 11.3 Å². The summed E-state index contributed by atoms with van der Waals surface area (Å²) < 4.78 is 32.9. The highest BCUT2D eigenvalue weighted by atomic mass is 35.5. The standard InChI is InChI=1S/C18H21ClN2O4S2/c1-2-20(13-15-6-7-17(19)26-15)18(22)14-4-3-5-16(12-14)27(23,24)21-8-10-25-11-9-21/h3-7,12H,2,8-11,13H2,1H3. The second-order valence-corrected chi connectivity index (χ2v) is 9.81. The molecule has 1 aliphatic heterocycles. The Morgan fingerprint density at radius 3 is 2.63 bits per heavy atom. The first-order valence-corrected chi connectivity index (χ1v) is 11.3. The third-order valence-corrected chi connectivity index (χ3v) is 7.44. The van der Waals surface area contributed by atoms with E-state index in [-0.39, 0.29) is 10.8 Å². The summed E-state index contributed by atoms with van der Waals surface area (Å²) in [6.45, 7) is 4.24. The predicted octanol–water partition coefficient (Wildman–Crippen LogP) is 3.08. The van der Waals surface area contributed by atoms with Crippen molar-refractivity contribution in [2.24, 2.45) is 0 Å². The van der Waals surface area contributed by atoms with E-state index in [2.05, 4.69) is 0 Å². The van der Waals surface area contributed by atoms with Gasteiger partial charge in [0, 0.05) is 30.1 Å². The summed E-state index contributed by atoms with van der Waals surface area (Å²) in [4.78, 5) is 15.7. The fourth-order valence-electron chi connectivity index (χ4n) is 2.86. The van der Waals surface area contributed by atoms with Crippen LogP contribution in [0.25, 0.3) is 0 Å². The van der Waals surface area contributed by atoms with Crippen molar-refractivity contribution in [1.82, 2.24) is 9.21 Å². The molecule has 0 spiro atoms. The maximum atomic E-state index is 12.9. The van der Waals surface area contributed by atoms with Crippen molar-refractivity contribution < 1.29 is 17.9 Å². The Balaban J connectivity index is 1.81. The van der Waals surface area contributed by atoms with E-state index >= 15 is 0 Å². The summed E-state index contributed by atoms with van der Waals surface area (Å²) in [6.07, 6.45) is 0. The smallest absolute Gasteiger partial charge is 0.254 e. The minimum Gasteiger partial charge on any atom is -0.379 e. The molecule has 0 bridgehead atoms. The molecular weight excluding hydrogens is 408 g/mol. The molecule has 0 saturated carbocycles. The third kappa shape index (κ3) is 4.70. The van der Waals surface area contributed by atoms with E-state index in [9.17, 15) is 13.2 Å². The Bertz CT molecular complexity index is 908. The Labute approximate surface area is 168 Å². The summed E-state index contributed by atoms with van der Waals surface area (Å²) >= 11 is 7.39. The number of halogens is 1. The lowest BCUT2D eigenvalue weighted by Gasteiger charge is -2.26. The number of morpholine rings is 1. The van der Waals surface area contributed by atoms with Gasteiger partial charge in [-0.1, -0.05) is 17.7 Å². The molecule has 1 fully saturated rings. The van der Waals surface area contributed by atoms with Gasteiger partial charge in [0.15, 0.2) is 0 Å². The summed E-state index contributed by atoms with van der Waals surface area (Å²) in [6, 6.07) is 9.92. The summed E-state index contributed by atoms with van der Waals surface area (Å²) in [5, 5.41) is 0. The van der Waals surface area contributed by atoms with Crippen LogP contribution in [0.2, 0.25) is 4.34 Å². The molecule has 146 valence electrons. The number of thiophene rings is 1. The highest BCUT2D eigenvalue weighted by molar-refractivity contribution is 7.89. The largest absolute Gasteiger partial charge is 0.379 e. The lowest BCUT2D eigenvalue weighted by atomic mass is 10.2. The zero-order valence-electron chi connectivity index (χ0n) is 14.9. The zero-order valence-corrected chi connectivity index (χ0v) is 17.3. The van der Waals surface area contributed by atoms with Crippen molar-refractivity contribution in [1.29, 1.82) is 0 Å². The van der Waals surface area contributed by atoms with Gasteiger partial charge >= 0.3 is 0 Å². The first kappa shape index (κ1) is 20.3. The number of sulfonamides is 1. The lowest BCUT2D eigenvalue weighted by Crippen LogP contribution is -2.40. The molecule has 1 aliphatic rings. The van der Waals surface area contributed by atoms with Crippen LogP contribution in [0.1, 0.15) is 22.2 Å². The van der Waals surface area contributed by atoms with Gasteiger partial charge in [0.1, 0.15) is 0 Å². The molecule has 0 atom stereocenters. The van der Waals surface area contributed by atoms with Crippen molar-refractivity contribution >= 4 is 38.9 Å². The molecule has 9 heteroatoms. The number of carbonyl (C=O) groups is 1. The van der Waals surface area contributed by atoms with Crippen molar-refractivity contribution in [3.63, 3.8) is 0 Å². The SMILES string of the molecule is CCN(Cc1ccc(Cl)s1)C(=O)c1cccc(S(=O)(=O)N2CCOCC2)c1. The highest BCUT2D eigenvalue weighted by Gasteiger charge is 2.27. The van der Waals surface area contributed by atoms with Crippen LogP contribution in [-0.4, -0.2) is 56.4 Å². The van der Waals surface area contributed by atoms with Crippen molar-refractivity contribution in [2.45, 2.75) is 18.4 Å². The molecule has 3 rings (SSSR count). The van der Waals surface area contributed by atoms with E-state index in [0.29, 0.717) is 49.3 Å². The first-order valence-electron chi connectivity index (χ1n) is 8.63. The molecule has 1 saturated heterocycles. The van der Waals surface area contributed by atoms with Crippen molar-refractivity contribution in [3.05, 3.63) is 51.2 Å². The normalized spacial score (nSPS) is 15.6. The van der Waals surface area contributed by atoms with E-state index in [0.717, 1.165) is 4.88 Å². The van der Waals surface area contributed by atoms with Crippen LogP contribution in [0.15, 0.2) is 41.3 Å². The highest BCUT2D eigenvalue weighted by Crippen LogP contribution is 2.24. The van der Waals surface area contributed by atoms with Crippen LogP contribution >= 0.6 is 22.9 Å². The zero-order chi connectivity index (χ0) is 19.4. The van der Waals surface area contributed by atoms with Crippen molar-refractivity contribution in [2.75, 3.05) is 32.8 Å². The van der Waals surface area contributed by atoms with Gasteiger partial charge in [0.25, 0.3) is 5.91 Å². The Morgan fingerprint density at radius 2 is 2.00 bits per heavy atom. The average Bonchev–Trinajstić information content (AvgIpc) is 3.11. The fourth-order valence-corrected chi connectivity index (χ4v) is 5.42. The third-order valence-electron chi connectivity index (χ3n) is 4.33. The number of hydrogen-bond donors (Lipinski definition) is 0. The number of carbonyl (C=O) groups excluding carboxylic acids is 1. The average molecular weight is 429 g/mol. The Kier molecular flexibility index (Phi) is 6.54. The van der Waals surface area contributed by atoms with Crippen LogP contribution in [0.5, 0.6) is 0 Å². The number of nitrogens with zero attached hydrogens (tertiary/aromatic N) is 2. The lowest BCUT2D eigenvalue weighted by molar-refractivity contribution is 0.0729. The number of ether oxygens (including phenoxy) is 1. The maximum absolute atomic E-state index is 12.9. The van der Waals surface area contributed by atoms with E-state index in [1.54, 1.807) is 23.1 Å². The van der Waals surface area contributed by atoms with Crippen molar-refractivity contribution in [3.8, 4) is 0 Å². The van der Waals surface area contributed by atoms with Crippen LogP contribution in [0, 0.1) is 0 Å². The minimum absolute atomic E-state index is 0.130. The van der Waals surface area contributed by atoms with E-state index in [1.165, 1.54) is 27.8 Å². The van der Waals surface area contributed by atoms with Crippen LogP contribution in [0.4, 0.5) is 0 Å². The second kappa shape index (κ2) is 8.70. The van der Waals surface area contributed by atoms with Gasteiger partial charge < -0.3 is 9.64 Å². The molecule has 1 amide bonds. The molecule has 6 nitrogen and oxygen atoms in total. The minimum atomic E-state index is -3.64. The maximum Gasteiger partial charge on any atom is 0.254 e. The molecule has 1 aromatic carbocycles. The molecule has 27 heavy (non-hydrogen) atoms. The summed E-state index contributed by atoms with van der Waals surface area (Å²) in [5.74, 6) is -0.207. The molecular formula is C18H21ClN2O4S2. The molecule has 2 aromatic rings.